The van der Waals surface area contributed by atoms with Crippen LogP contribution in [0.3, 0.4) is 0 Å². The van der Waals surface area contributed by atoms with Crippen LogP contribution in [0.2, 0.25) is 0 Å². The van der Waals surface area contributed by atoms with E-state index >= 15 is 0 Å². The van der Waals surface area contributed by atoms with Gasteiger partial charge in [0.15, 0.2) is 0 Å². The molecule has 33 heavy (non-hydrogen) atoms. The SMILES string of the molecule is COCNC(=O)C(Cc1ccc(CC(=O)N(C)CCc2ccccc2)cc1)c1ccccc1. The highest BCUT2D eigenvalue weighted by Crippen LogP contribution is 2.22. The number of carbonyl (C=O) groups is 2. The molecule has 2 amide bonds. The quantitative estimate of drug-likeness (QED) is 0.455. The van der Waals surface area contributed by atoms with Crippen LogP contribution in [0.15, 0.2) is 84.9 Å². The summed E-state index contributed by atoms with van der Waals surface area (Å²) < 4.78 is 5.00. The van der Waals surface area contributed by atoms with Crippen molar-refractivity contribution in [3.05, 3.63) is 107 Å². The number of carbonyl (C=O) groups excluding carboxylic acids is 2. The molecule has 0 fully saturated rings. The molecule has 0 aliphatic carbocycles. The molecule has 0 saturated carbocycles. The van der Waals surface area contributed by atoms with E-state index in [9.17, 15) is 9.59 Å². The summed E-state index contributed by atoms with van der Waals surface area (Å²) in [5, 5.41) is 2.81. The van der Waals surface area contributed by atoms with Crippen molar-refractivity contribution in [3.8, 4) is 0 Å². The lowest BCUT2D eigenvalue weighted by atomic mass is 9.90. The van der Waals surface area contributed by atoms with E-state index in [1.54, 1.807) is 12.0 Å². The maximum Gasteiger partial charge on any atom is 0.229 e. The van der Waals surface area contributed by atoms with Gasteiger partial charge in [-0.05, 0) is 35.1 Å². The van der Waals surface area contributed by atoms with Crippen molar-refractivity contribution in [2.75, 3.05) is 27.4 Å². The van der Waals surface area contributed by atoms with E-state index in [0.717, 1.165) is 23.1 Å². The van der Waals surface area contributed by atoms with Gasteiger partial charge in [0.2, 0.25) is 11.8 Å². The van der Waals surface area contributed by atoms with Gasteiger partial charge in [0.05, 0.1) is 12.3 Å². The van der Waals surface area contributed by atoms with Crippen LogP contribution in [0.25, 0.3) is 0 Å². The number of amides is 2. The first-order valence-corrected chi connectivity index (χ1v) is 11.2. The van der Waals surface area contributed by atoms with Gasteiger partial charge in [-0.1, -0.05) is 84.9 Å². The predicted octanol–water partition coefficient (Wildman–Crippen LogP) is 3.98. The molecule has 0 aliphatic heterocycles. The molecule has 172 valence electrons. The largest absolute Gasteiger partial charge is 0.364 e. The molecule has 0 aromatic heterocycles. The van der Waals surface area contributed by atoms with Crippen molar-refractivity contribution in [3.63, 3.8) is 0 Å². The molecule has 1 unspecified atom stereocenters. The van der Waals surface area contributed by atoms with E-state index in [4.69, 9.17) is 4.74 Å². The Bertz CT molecular complexity index is 1000. The summed E-state index contributed by atoms with van der Waals surface area (Å²) in [6, 6.07) is 27.9. The molecule has 3 aromatic carbocycles. The number of benzene rings is 3. The number of likely N-dealkylation sites (N-methyl/N-ethyl adjacent to an activating group) is 1. The van der Waals surface area contributed by atoms with Gasteiger partial charge in [0.1, 0.15) is 6.73 Å². The molecular weight excluding hydrogens is 412 g/mol. The second kappa shape index (κ2) is 12.6. The van der Waals surface area contributed by atoms with Gasteiger partial charge in [0.25, 0.3) is 0 Å². The molecule has 1 N–H and O–H groups in total. The summed E-state index contributed by atoms with van der Waals surface area (Å²) in [6.07, 6.45) is 1.78. The normalized spacial score (nSPS) is 11.6. The fourth-order valence-corrected chi connectivity index (χ4v) is 3.72. The number of nitrogens with zero attached hydrogens (tertiary/aromatic N) is 1. The Balaban J connectivity index is 1.58. The Hall–Kier alpha value is -3.44. The van der Waals surface area contributed by atoms with Gasteiger partial charge in [-0.15, -0.1) is 0 Å². The average molecular weight is 445 g/mol. The predicted molar refractivity (Wildman–Crippen MR) is 131 cm³/mol. The van der Waals surface area contributed by atoms with Crippen LogP contribution < -0.4 is 5.32 Å². The van der Waals surface area contributed by atoms with E-state index in [2.05, 4.69) is 17.4 Å². The third kappa shape index (κ3) is 7.58. The van der Waals surface area contributed by atoms with Gasteiger partial charge < -0.3 is 15.0 Å². The zero-order valence-corrected chi connectivity index (χ0v) is 19.4. The summed E-state index contributed by atoms with van der Waals surface area (Å²) in [5.41, 5.74) is 4.20. The number of rotatable bonds is 11. The summed E-state index contributed by atoms with van der Waals surface area (Å²) in [7, 11) is 3.40. The van der Waals surface area contributed by atoms with E-state index in [1.165, 1.54) is 5.56 Å². The second-order valence-corrected chi connectivity index (χ2v) is 8.19. The lowest BCUT2D eigenvalue weighted by Gasteiger charge is -2.18. The summed E-state index contributed by atoms with van der Waals surface area (Å²) in [6.45, 7) is 0.872. The van der Waals surface area contributed by atoms with Gasteiger partial charge in [-0.25, -0.2) is 0 Å². The number of hydrogen-bond donors (Lipinski definition) is 1. The lowest BCUT2D eigenvalue weighted by Crippen LogP contribution is -2.32. The second-order valence-electron chi connectivity index (χ2n) is 8.19. The van der Waals surface area contributed by atoms with Crippen molar-refractivity contribution in [2.45, 2.75) is 25.2 Å². The Kier molecular flexibility index (Phi) is 9.21. The van der Waals surface area contributed by atoms with Crippen LogP contribution in [0, 0.1) is 0 Å². The van der Waals surface area contributed by atoms with E-state index in [1.807, 2.05) is 79.8 Å². The van der Waals surface area contributed by atoms with Crippen LogP contribution in [0.4, 0.5) is 0 Å². The molecule has 0 saturated heterocycles. The van der Waals surface area contributed by atoms with Crippen molar-refractivity contribution >= 4 is 11.8 Å². The van der Waals surface area contributed by atoms with Gasteiger partial charge >= 0.3 is 0 Å². The maximum atomic E-state index is 12.7. The van der Waals surface area contributed by atoms with Crippen molar-refractivity contribution in [1.82, 2.24) is 10.2 Å². The zero-order valence-electron chi connectivity index (χ0n) is 19.4. The van der Waals surface area contributed by atoms with E-state index in [0.29, 0.717) is 19.4 Å². The Morgan fingerprint density at radius 1 is 0.848 bits per heavy atom. The standard InChI is InChI=1S/C28H32N2O3/c1-30(18-17-22-9-5-3-6-10-22)27(31)20-24-15-13-23(14-16-24)19-26(28(32)29-21-33-2)25-11-7-4-8-12-25/h3-16,26H,17-21H2,1-2H3,(H,29,32). The minimum Gasteiger partial charge on any atom is -0.364 e. The topological polar surface area (TPSA) is 58.6 Å². The van der Waals surface area contributed by atoms with Crippen molar-refractivity contribution in [1.29, 1.82) is 0 Å². The third-order valence-electron chi connectivity index (χ3n) is 5.73. The van der Waals surface area contributed by atoms with Crippen LogP contribution in [0.5, 0.6) is 0 Å². The van der Waals surface area contributed by atoms with Crippen LogP contribution in [-0.4, -0.2) is 44.1 Å². The number of nitrogens with one attached hydrogen (secondary N) is 1. The zero-order chi connectivity index (χ0) is 23.5. The van der Waals surface area contributed by atoms with E-state index < -0.39 is 0 Å². The van der Waals surface area contributed by atoms with Crippen molar-refractivity contribution in [2.24, 2.45) is 0 Å². The number of ether oxygens (including phenoxy) is 1. The van der Waals surface area contributed by atoms with Gasteiger partial charge in [-0.2, -0.15) is 0 Å². The Morgan fingerprint density at radius 3 is 2.09 bits per heavy atom. The van der Waals surface area contributed by atoms with Crippen LogP contribution in [0.1, 0.15) is 28.2 Å². The summed E-state index contributed by atoms with van der Waals surface area (Å²) in [5.74, 6) is -0.278. The maximum absolute atomic E-state index is 12.7. The first-order valence-electron chi connectivity index (χ1n) is 11.2. The van der Waals surface area contributed by atoms with Gasteiger partial charge in [-0.3, -0.25) is 9.59 Å². The Labute approximate surface area is 196 Å². The monoisotopic (exact) mass is 444 g/mol. The number of methoxy groups -OCH3 is 1. The fourth-order valence-electron chi connectivity index (χ4n) is 3.72. The Morgan fingerprint density at radius 2 is 1.45 bits per heavy atom. The fraction of sp³-hybridized carbons (Fsp3) is 0.286. The summed E-state index contributed by atoms with van der Waals surface area (Å²) in [4.78, 5) is 27.1. The summed E-state index contributed by atoms with van der Waals surface area (Å²) >= 11 is 0. The first-order chi connectivity index (χ1) is 16.1. The molecule has 0 heterocycles. The van der Waals surface area contributed by atoms with Gasteiger partial charge in [0, 0.05) is 20.7 Å². The molecule has 1 atom stereocenters. The lowest BCUT2D eigenvalue weighted by molar-refractivity contribution is -0.129. The molecule has 0 bridgehead atoms. The minimum absolute atomic E-state index is 0.0673. The average Bonchev–Trinajstić information content (AvgIpc) is 2.86. The van der Waals surface area contributed by atoms with Crippen LogP contribution in [-0.2, 0) is 33.6 Å². The first kappa shape index (κ1) is 24.2. The highest BCUT2D eigenvalue weighted by Gasteiger charge is 2.21. The highest BCUT2D eigenvalue weighted by molar-refractivity contribution is 5.84. The molecule has 5 nitrogen and oxygen atoms in total. The molecular formula is C28H32N2O3. The van der Waals surface area contributed by atoms with E-state index in [-0.39, 0.29) is 24.5 Å². The number of hydrogen-bond acceptors (Lipinski definition) is 3. The third-order valence-corrected chi connectivity index (χ3v) is 5.73. The molecule has 0 aliphatic rings. The van der Waals surface area contributed by atoms with Crippen LogP contribution >= 0.6 is 0 Å². The molecule has 0 spiro atoms. The molecule has 0 radical (unpaired) electrons. The molecule has 3 aromatic rings. The minimum atomic E-state index is -0.307. The molecule has 5 heteroatoms. The molecule has 3 rings (SSSR count). The highest BCUT2D eigenvalue weighted by atomic mass is 16.5. The van der Waals surface area contributed by atoms with Crippen molar-refractivity contribution < 1.29 is 14.3 Å². The smallest absolute Gasteiger partial charge is 0.229 e.